The van der Waals surface area contributed by atoms with Gasteiger partial charge in [0.05, 0.1) is 0 Å². The van der Waals surface area contributed by atoms with Crippen LogP contribution in [-0.4, -0.2) is 39.2 Å². The van der Waals surface area contributed by atoms with Crippen molar-refractivity contribution < 1.29 is 22.4 Å². The lowest BCUT2D eigenvalue weighted by Gasteiger charge is -2.11. The lowest BCUT2D eigenvalue weighted by atomic mass is 10.0. The molecule has 31 heavy (non-hydrogen) atoms. The molecule has 0 radical (unpaired) electrons. The van der Waals surface area contributed by atoms with Crippen LogP contribution in [0.15, 0.2) is 53.9 Å². The highest BCUT2D eigenvalue weighted by molar-refractivity contribution is 5.93. The summed E-state index contributed by atoms with van der Waals surface area (Å²) >= 11 is 0. The molecule has 1 aliphatic heterocycles. The Labute approximate surface area is 173 Å². The molecular weight excluding hydrogens is 416 g/mol. The maximum Gasteiger partial charge on any atom is 0.405 e. The van der Waals surface area contributed by atoms with E-state index in [1.54, 1.807) is 30.5 Å². The Morgan fingerprint density at radius 3 is 2.65 bits per heavy atom. The summed E-state index contributed by atoms with van der Waals surface area (Å²) in [5.74, 6) is -0.255. The first-order valence-electron chi connectivity index (χ1n) is 9.27. The normalized spacial score (nSPS) is 14.2. The van der Waals surface area contributed by atoms with Crippen molar-refractivity contribution in [2.75, 3.05) is 11.9 Å². The average Bonchev–Trinajstić information content (AvgIpc) is 3.18. The fourth-order valence-corrected chi connectivity index (χ4v) is 3.08. The molecule has 2 N–H and O–H groups in total. The first-order chi connectivity index (χ1) is 14.8. The second-order valence-electron chi connectivity index (χ2n) is 6.78. The van der Waals surface area contributed by atoms with E-state index in [4.69, 9.17) is 0 Å². The van der Waals surface area contributed by atoms with Gasteiger partial charge >= 0.3 is 6.18 Å². The molecule has 1 aromatic carbocycles. The summed E-state index contributed by atoms with van der Waals surface area (Å²) in [6.45, 7) is -1.24. The SMILES string of the molecule is O=C1CCC(n2cc(-c3ccnc(NCC(F)(F)F)c3)c(-c3ccccc3F)n2)=NN1. The Morgan fingerprint density at radius 2 is 1.94 bits per heavy atom. The van der Waals surface area contributed by atoms with E-state index in [0.29, 0.717) is 23.4 Å². The van der Waals surface area contributed by atoms with Crippen LogP contribution >= 0.6 is 0 Å². The summed E-state index contributed by atoms with van der Waals surface area (Å²) in [4.78, 5) is 15.3. The molecule has 1 aliphatic rings. The minimum absolute atomic E-state index is 0.0179. The number of rotatable bonds is 4. The van der Waals surface area contributed by atoms with E-state index in [0.717, 1.165) is 0 Å². The first kappa shape index (κ1) is 20.5. The molecule has 4 rings (SSSR count). The molecule has 0 spiro atoms. The van der Waals surface area contributed by atoms with Gasteiger partial charge in [-0.15, -0.1) is 0 Å². The number of aromatic nitrogens is 3. The van der Waals surface area contributed by atoms with Crippen molar-refractivity contribution in [2.24, 2.45) is 5.10 Å². The van der Waals surface area contributed by atoms with Crippen molar-refractivity contribution in [2.45, 2.75) is 19.0 Å². The molecule has 3 heterocycles. The van der Waals surface area contributed by atoms with Gasteiger partial charge in [-0.2, -0.15) is 23.4 Å². The van der Waals surface area contributed by atoms with Crippen LogP contribution in [0.1, 0.15) is 12.8 Å². The van der Waals surface area contributed by atoms with Crippen LogP contribution in [0.3, 0.4) is 0 Å². The Balaban J connectivity index is 1.78. The van der Waals surface area contributed by atoms with Gasteiger partial charge in [0.2, 0.25) is 5.91 Å². The van der Waals surface area contributed by atoms with Crippen LogP contribution in [0, 0.1) is 5.82 Å². The molecular formula is C20H16F4N6O. The number of amides is 1. The topological polar surface area (TPSA) is 84.2 Å². The van der Waals surface area contributed by atoms with Gasteiger partial charge in [-0.05, 0) is 29.8 Å². The summed E-state index contributed by atoms with van der Waals surface area (Å²) in [6.07, 6.45) is -0.886. The highest BCUT2D eigenvalue weighted by atomic mass is 19.4. The zero-order valence-corrected chi connectivity index (χ0v) is 15.9. The number of nitrogens with zero attached hydrogens (tertiary/aromatic N) is 4. The number of alkyl halides is 3. The number of halogens is 4. The first-order valence-corrected chi connectivity index (χ1v) is 9.27. The molecule has 0 unspecified atom stereocenters. The second kappa shape index (κ2) is 8.17. The third kappa shape index (κ3) is 4.71. The fourth-order valence-electron chi connectivity index (χ4n) is 3.08. The van der Waals surface area contributed by atoms with E-state index in [2.05, 4.69) is 25.9 Å². The fraction of sp³-hybridized carbons (Fsp3) is 0.200. The summed E-state index contributed by atoms with van der Waals surface area (Å²) < 4.78 is 53.6. The van der Waals surface area contributed by atoms with Crippen molar-refractivity contribution in [3.8, 4) is 22.4 Å². The van der Waals surface area contributed by atoms with Gasteiger partial charge in [0.25, 0.3) is 0 Å². The van der Waals surface area contributed by atoms with Crippen LogP contribution in [0.4, 0.5) is 23.4 Å². The highest BCUT2D eigenvalue weighted by Gasteiger charge is 2.27. The van der Waals surface area contributed by atoms with Gasteiger partial charge in [0, 0.05) is 36.4 Å². The predicted octanol–water partition coefficient (Wildman–Crippen LogP) is 3.80. The van der Waals surface area contributed by atoms with Crippen LogP contribution in [0.2, 0.25) is 0 Å². The van der Waals surface area contributed by atoms with Gasteiger partial charge in [-0.3, -0.25) is 4.79 Å². The number of hydrogen-bond donors (Lipinski definition) is 2. The molecule has 0 bridgehead atoms. The van der Waals surface area contributed by atoms with E-state index in [9.17, 15) is 22.4 Å². The highest BCUT2D eigenvalue weighted by Crippen LogP contribution is 2.33. The number of hydrazone groups is 1. The standard InChI is InChI=1S/C20H16F4N6O/c21-15-4-2-1-3-13(15)19-14(10-30(29-19)17-5-6-18(31)28-27-17)12-7-8-25-16(9-12)26-11-20(22,23)24/h1-4,7-10H,5-6,11H2,(H,25,26)(H,28,31). The zero-order valence-electron chi connectivity index (χ0n) is 15.9. The van der Waals surface area contributed by atoms with Gasteiger partial charge in [0.1, 0.15) is 23.9 Å². The average molecular weight is 432 g/mol. The number of carbonyl (C=O) groups is 1. The molecule has 3 aromatic rings. The van der Waals surface area contributed by atoms with Crippen LogP contribution in [0.5, 0.6) is 0 Å². The maximum atomic E-state index is 14.5. The summed E-state index contributed by atoms with van der Waals surface area (Å²) in [7, 11) is 0. The lowest BCUT2D eigenvalue weighted by molar-refractivity contribution is -0.121. The van der Waals surface area contributed by atoms with Crippen molar-refractivity contribution >= 4 is 17.6 Å². The number of nitrogens with one attached hydrogen (secondary N) is 2. The maximum absolute atomic E-state index is 14.5. The van der Waals surface area contributed by atoms with Crippen molar-refractivity contribution in [1.82, 2.24) is 20.2 Å². The van der Waals surface area contributed by atoms with Crippen molar-refractivity contribution in [3.05, 3.63) is 54.6 Å². The van der Waals surface area contributed by atoms with Crippen LogP contribution in [-0.2, 0) is 4.79 Å². The summed E-state index contributed by atoms with van der Waals surface area (Å²) in [6, 6.07) is 9.07. The second-order valence-corrected chi connectivity index (χ2v) is 6.78. The Hall–Kier alpha value is -3.76. The molecule has 7 nitrogen and oxygen atoms in total. The number of carbonyl (C=O) groups excluding carboxylic acids is 1. The minimum Gasteiger partial charge on any atom is -0.361 e. The quantitative estimate of drug-likeness (QED) is 0.615. The number of pyridine rings is 1. The molecule has 0 aliphatic carbocycles. The van der Waals surface area contributed by atoms with Crippen LogP contribution in [0.25, 0.3) is 22.4 Å². The molecule has 2 aromatic heterocycles. The molecule has 0 saturated carbocycles. The Morgan fingerprint density at radius 1 is 1.13 bits per heavy atom. The Kier molecular flexibility index (Phi) is 5.40. The van der Waals surface area contributed by atoms with Gasteiger partial charge in [0.15, 0.2) is 5.84 Å². The monoisotopic (exact) mass is 432 g/mol. The number of benzene rings is 1. The molecule has 0 atom stereocenters. The van der Waals surface area contributed by atoms with Crippen molar-refractivity contribution in [1.29, 1.82) is 0 Å². The smallest absolute Gasteiger partial charge is 0.361 e. The zero-order chi connectivity index (χ0) is 22.0. The minimum atomic E-state index is -4.40. The van der Waals surface area contributed by atoms with E-state index >= 15 is 0 Å². The van der Waals surface area contributed by atoms with E-state index in [1.165, 1.54) is 23.0 Å². The summed E-state index contributed by atoms with van der Waals surface area (Å²) in [5, 5.41) is 10.7. The lowest BCUT2D eigenvalue weighted by Crippen LogP contribution is -2.29. The summed E-state index contributed by atoms with van der Waals surface area (Å²) in [5.41, 5.74) is 3.85. The van der Waals surface area contributed by atoms with Gasteiger partial charge in [-0.1, -0.05) is 12.1 Å². The van der Waals surface area contributed by atoms with Crippen LogP contribution < -0.4 is 10.7 Å². The predicted molar refractivity (Wildman–Crippen MR) is 106 cm³/mol. The third-order valence-electron chi connectivity index (χ3n) is 4.53. The largest absolute Gasteiger partial charge is 0.405 e. The van der Waals surface area contributed by atoms with Gasteiger partial charge < -0.3 is 5.32 Å². The van der Waals surface area contributed by atoms with E-state index in [-0.39, 0.29) is 29.4 Å². The number of hydrogen-bond acceptors (Lipinski definition) is 5. The molecule has 0 saturated heterocycles. The van der Waals surface area contributed by atoms with E-state index in [1.807, 2.05) is 0 Å². The number of anilines is 1. The molecule has 160 valence electrons. The Bertz CT molecular complexity index is 1150. The third-order valence-corrected chi connectivity index (χ3v) is 4.53. The van der Waals surface area contributed by atoms with E-state index < -0.39 is 18.5 Å². The van der Waals surface area contributed by atoms with Crippen molar-refractivity contribution in [3.63, 3.8) is 0 Å². The molecule has 0 fully saturated rings. The van der Waals surface area contributed by atoms with Gasteiger partial charge in [-0.25, -0.2) is 19.5 Å². The molecule has 11 heteroatoms. The molecule has 1 amide bonds.